The molecule has 1 aliphatic heterocycles. The van der Waals surface area contributed by atoms with Gasteiger partial charge in [0.25, 0.3) is 0 Å². The van der Waals surface area contributed by atoms with Crippen LogP contribution in [0, 0.1) is 0 Å². The lowest BCUT2D eigenvalue weighted by Crippen LogP contribution is -2.31. The first-order valence-corrected chi connectivity index (χ1v) is 4.17. The van der Waals surface area contributed by atoms with E-state index in [1.54, 1.807) is 0 Å². The minimum absolute atomic E-state index is 0.0858. The van der Waals surface area contributed by atoms with Gasteiger partial charge in [-0.2, -0.15) is 0 Å². The van der Waals surface area contributed by atoms with Crippen LogP contribution in [-0.2, 0) is 9.47 Å². The van der Waals surface area contributed by atoms with Gasteiger partial charge < -0.3 is 14.9 Å². The molecule has 1 aliphatic rings. The Balaban J connectivity index is 2.06. The Bertz CT molecular complexity index is 280. The van der Waals surface area contributed by atoms with Crippen LogP contribution in [0.25, 0.3) is 0 Å². The Hall–Kier alpha value is -1.10. The fraction of sp³-hybridized carbons (Fsp3) is 0.333. The molecule has 0 aromatic heterocycles. The SMILES string of the molecule is CC1OC(c2ccc(NN)cc2)O1. The van der Waals surface area contributed by atoms with Gasteiger partial charge in [-0.15, -0.1) is 0 Å². The molecular formula is C9H12N2O2. The number of hydrazine groups is 1. The third-order valence-corrected chi connectivity index (χ3v) is 1.98. The molecule has 0 aliphatic carbocycles. The maximum Gasteiger partial charge on any atom is 0.189 e. The van der Waals surface area contributed by atoms with Crippen molar-refractivity contribution in [2.24, 2.45) is 5.84 Å². The predicted molar refractivity (Wildman–Crippen MR) is 48.6 cm³/mol. The van der Waals surface area contributed by atoms with E-state index in [4.69, 9.17) is 15.3 Å². The van der Waals surface area contributed by atoms with E-state index in [0.717, 1.165) is 11.3 Å². The van der Waals surface area contributed by atoms with Gasteiger partial charge in [-0.1, -0.05) is 12.1 Å². The van der Waals surface area contributed by atoms with Crippen molar-refractivity contribution in [3.05, 3.63) is 29.8 Å². The van der Waals surface area contributed by atoms with Gasteiger partial charge in [-0.25, -0.2) is 0 Å². The molecule has 4 nitrogen and oxygen atoms in total. The highest BCUT2D eigenvalue weighted by atomic mass is 16.9. The molecule has 0 amide bonds. The number of nitrogens with two attached hydrogens (primary N) is 1. The zero-order valence-corrected chi connectivity index (χ0v) is 7.36. The normalized spacial score (nSPS) is 26.6. The first kappa shape index (κ1) is 8.50. The van der Waals surface area contributed by atoms with Gasteiger partial charge in [-0.3, -0.25) is 5.84 Å². The Labute approximate surface area is 76.6 Å². The first-order valence-electron chi connectivity index (χ1n) is 4.17. The topological polar surface area (TPSA) is 56.5 Å². The predicted octanol–water partition coefficient (Wildman–Crippen LogP) is 1.36. The molecular weight excluding hydrogens is 168 g/mol. The van der Waals surface area contributed by atoms with Crippen LogP contribution >= 0.6 is 0 Å². The number of nitrogens with one attached hydrogen (secondary N) is 1. The quantitative estimate of drug-likeness (QED) is 0.533. The summed E-state index contributed by atoms with van der Waals surface area (Å²) in [4.78, 5) is 0. The standard InChI is InChI=1S/C9H12N2O2/c1-6-12-9(13-6)7-2-4-8(11-10)5-3-7/h2-6,9,11H,10H2,1H3. The molecule has 70 valence electrons. The number of anilines is 1. The van der Waals surface area contributed by atoms with Crippen LogP contribution in [-0.4, -0.2) is 6.29 Å². The molecule has 1 fully saturated rings. The zero-order valence-electron chi connectivity index (χ0n) is 7.36. The number of rotatable bonds is 2. The summed E-state index contributed by atoms with van der Waals surface area (Å²) in [6.45, 7) is 1.87. The van der Waals surface area contributed by atoms with Crippen LogP contribution in [0.15, 0.2) is 24.3 Å². The number of hydrogen-bond donors (Lipinski definition) is 2. The molecule has 0 radical (unpaired) electrons. The molecule has 0 spiro atoms. The van der Waals surface area contributed by atoms with Crippen LogP contribution in [0.2, 0.25) is 0 Å². The second kappa shape index (κ2) is 3.33. The fourth-order valence-electron chi connectivity index (χ4n) is 1.25. The zero-order chi connectivity index (χ0) is 9.26. The van der Waals surface area contributed by atoms with E-state index in [0.29, 0.717) is 0 Å². The average Bonchev–Trinajstić information content (AvgIpc) is 2.13. The van der Waals surface area contributed by atoms with Crippen molar-refractivity contribution in [2.75, 3.05) is 5.43 Å². The number of nitrogen functional groups attached to an aromatic ring is 1. The molecule has 0 saturated carbocycles. The Morgan fingerprint density at radius 2 is 1.85 bits per heavy atom. The second-order valence-electron chi connectivity index (χ2n) is 2.94. The lowest BCUT2D eigenvalue weighted by Gasteiger charge is -2.33. The van der Waals surface area contributed by atoms with Crippen molar-refractivity contribution >= 4 is 5.69 Å². The van der Waals surface area contributed by atoms with E-state index < -0.39 is 0 Å². The van der Waals surface area contributed by atoms with Crippen molar-refractivity contribution in [1.82, 2.24) is 0 Å². The molecule has 2 rings (SSSR count). The van der Waals surface area contributed by atoms with E-state index in [9.17, 15) is 0 Å². The highest BCUT2D eigenvalue weighted by Gasteiger charge is 2.27. The molecule has 1 aromatic rings. The summed E-state index contributed by atoms with van der Waals surface area (Å²) in [5.41, 5.74) is 4.44. The average molecular weight is 180 g/mol. The van der Waals surface area contributed by atoms with Crippen LogP contribution in [0.1, 0.15) is 18.8 Å². The van der Waals surface area contributed by atoms with Crippen LogP contribution in [0.4, 0.5) is 5.69 Å². The molecule has 3 N–H and O–H groups in total. The van der Waals surface area contributed by atoms with Gasteiger partial charge in [0.15, 0.2) is 12.6 Å². The van der Waals surface area contributed by atoms with Crippen LogP contribution in [0.3, 0.4) is 0 Å². The molecule has 13 heavy (non-hydrogen) atoms. The second-order valence-corrected chi connectivity index (χ2v) is 2.94. The molecule has 1 saturated heterocycles. The van der Waals surface area contributed by atoms with Gasteiger partial charge in [0, 0.05) is 11.3 Å². The summed E-state index contributed by atoms with van der Waals surface area (Å²) in [5, 5.41) is 0. The van der Waals surface area contributed by atoms with Gasteiger partial charge in [-0.05, 0) is 19.1 Å². The van der Waals surface area contributed by atoms with Crippen molar-refractivity contribution in [3.63, 3.8) is 0 Å². The maximum atomic E-state index is 5.32. The number of benzene rings is 1. The van der Waals surface area contributed by atoms with E-state index in [1.165, 1.54) is 0 Å². The monoisotopic (exact) mass is 180 g/mol. The smallest absolute Gasteiger partial charge is 0.189 e. The van der Waals surface area contributed by atoms with E-state index >= 15 is 0 Å². The van der Waals surface area contributed by atoms with Crippen LogP contribution in [0.5, 0.6) is 0 Å². The summed E-state index contributed by atoms with van der Waals surface area (Å²) in [6, 6.07) is 7.60. The van der Waals surface area contributed by atoms with E-state index in [2.05, 4.69) is 5.43 Å². The lowest BCUT2D eigenvalue weighted by atomic mass is 10.2. The molecule has 0 atom stereocenters. The molecule has 1 heterocycles. The Morgan fingerprint density at radius 1 is 1.23 bits per heavy atom. The molecule has 4 heteroatoms. The lowest BCUT2D eigenvalue weighted by molar-refractivity contribution is -0.382. The highest BCUT2D eigenvalue weighted by Crippen LogP contribution is 2.31. The summed E-state index contributed by atoms with van der Waals surface area (Å²) < 4.78 is 10.6. The minimum atomic E-state index is -0.207. The largest absolute Gasteiger partial charge is 0.324 e. The van der Waals surface area contributed by atoms with Gasteiger partial charge in [0.1, 0.15) is 0 Å². The summed E-state index contributed by atoms with van der Waals surface area (Å²) in [7, 11) is 0. The fourth-order valence-corrected chi connectivity index (χ4v) is 1.25. The summed E-state index contributed by atoms with van der Waals surface area (Å²) in [6.07, 6.45) is -0.292. The number of hydrogen-bond acceptors (Lipinski definition) is 4. The Morgan fingerprint density at radius 3 is 2.31 bits per heavy atom. The van der Waals surface area contributed by atoms with Gasteiger partial charge in [0.05, 0.1) is 0 Å². The highest BCUT2D eigenvalue weighted by molar-refractivity contribution is 5.43. The maximum absolute atomic E-state index is 5.32. The molecule has 0 bridgehead atoms. The summed E-state index contributed by atoms with van der Waals surface area (Å²) >= 11 is 0. The van der Waals surface area contributed by atoms with Gasteiger partial charge >= 0.3 is 0 Å². The summed E-state index contributed by atoms with van der Waals surface area (Å²) in [5.74, 6) is 5.23. The van der Waals surface area contributed by atoms with Crippen molar-refractivity contribution < 1.29 is 9.47 Å². The Kier molecular flexibility index (Phi) is 2.18. The van der Waals surface area contributed by atoms with Crippen molar-refractivity contribution in [3.8, 4) is 0 Å². The minimum Gasteiger partial charge on any atom is -0.324 e. The third-order valence-electron chi connectivity index (χ3n) is 1.98. The first-order chi connectivity index (χ1) is 6.29. The molecule has 0 unspecified atom stereocenters. The van der Waals surface area contributed by atoms with Crippen molar-refractivity contribution in [2.45, 2.75) is 19.5 Å². The van der Waals surface area contributed by atoms with E-state index in [-0.39, 0.29) is 12.6 Å². The van der Waals surface area contributed by atoms with Gasteiger partial charge in [0.2, 0.25) is 0 Å². The third kappa shape index (κ3) is 1.65. The number of ether oxygens (including phenoxy) is 2. The molecule has 1 aromatic carbocycles. The van der Waals surface area contributed by atoms with E-state index in [1.807, 2.05) is 31.2 Å². The van der Waals surface area contributed by atoms with Crippen LogP contribution < -0.4 is 11.3 Å². The van der Waals surface area contributed by atoms with Crippen molar-refractivity contribution in [1.29, 1.82) is 0 Å².